The molecule has 3 fully saturated rings. The van der Waals surface area contributed by atoms with E-state index < -0.39 is 102 Å². The third kappa shape index (κ3) is 15.6. The molecule has 6 N–H and O–H groups in total. The molecule has 24 nitrogen and oxygen atoms in total. The molecule has 39 heteroatoms. The monoisotopic (exact) mass is 1460 g/mol. The minimum atomic E-state index is -3.91. The highest BCUT2D eigenvalue weighted by molar-refractivity contribution is 7.87. The van der Waals surface area contributed by atoms with Crippen molar-refractivity contribution in [2.45, 2.75) is 55.5 Å². The Morgan fingerprint density at radius 3 is 0.956 bits per heavy atom. The van der Waals surface area contributed by atoms with Gasteiger partial charge in [-0.25, -0.2) is 28.1 Å². The van der Waals surface area contributed by atoms with Gasteiger partial charge in [0.1, 0.15) is 50.6 Å². The van der Waals surface area contributed by atoms with E-state index in [4.69, 9.17) is 34.8 Å². The number of anilines is 3. The van der Waals surface area contributed by atoms with Crippen LogP contribution in [-0.2, 0) is 45.0 Å². The van der Waals surface area contributed by atoms with Crippen molar-refractivity contribution in [1.82, 2.24) is 57.0 Å². The van der Waals surface area contributed by atoms with Crippen LogP contribution in [0.4, 0.5) is 30.2 Å². The molecule has 0 aliphatic carbocycles. The van der Waals surface area contributed by atoms with Crippen LogP contribution in [0.3, 0.4) is 0 Å². The Kier molecular flexibility index (Phi) is 21.0. The number of carbonyl (C=O) groups is 3. The normalized spacial score (nSPS) is 21.4. The number of amides is 3. The van der Waals surface area contributed by atoms with E-state index >= 15 is 0 Å². The molecule has 2 unspecified atom stereocenters. The van der Waals surface area contributed by atoms with E-state index in [0.717, 1.165) is 60.4 Å². The van der Waals surface area contributed by atoms with Gasteiger partial charge in [0, 0.05) is 75.4 Å². The minimum Gasteiger partial charge on any atom is -0.325 e. The van der Waals surface area contributed by atoms with Crippen molar-refractivity contribution < 1.29 is 52.8 Å². The number of hydrogen-bond acceptors (Lipinski definition) is 21. The van der Waals surface area contributed by atoms with Gasteiger partial charge >= 0.3 is 0 Å². The number of hydrogen-bond donors (Lipinski definition) is 6. The zero-order chi connectivity index (χ0) is 64.4. The van der Waals surface area contributed by atoms with Crippen LogP contribution in [0, 0.1) is 17.5 Å². The summed E-state index contributed by atoms with van der Waals surface area (Å²) < 4.78 is 126. The predicted octanol–water partition coefficient (Wildman–Crippen LogP) is 9.83. The molecule has 12 rings (SSSR count). The highest BCUT2D eigenvalue weighted by atomic mass is 35.5. The molecule has 90 heavy (non-hydrogen) atoms. The van der Waals surface area contributed by atoms with E-state index in [9.17, 15) is 52.8 Å². The number of carbonyl (C=O) groups excluding carboxylic acids is 3. The largest absolute Gasteiger partial charge is 0.325 e. The fourth-order valence-electron chi connectivity index (χ4n) is 8.92. The van der Waals surface area contributed by atoms with Gasteiger partial charge in [-0.2, -0.15) is 52.3 Å². The fourth-order valence-corrected chi connectivity index (χ4v) is 18.5. The topological polar surface area (TPSA) is 313 Å². The number of nitrogens with one attached hydrogen (secondary N) is 6. The lowest BCUT2D eigenvalue weighted by molar-refractivity contribution is -0.120. The number of rotatable bonds is 12. The lowest BCUT2D eigenvalue weighted by Crippen LogP contribution is -2.55. The molecule has 3 aliphatic heterocycles. The molecule has 3 amide bonds. The average Bonchev–Trinajstić information content (AvgIpc) is 1.23. The number of thiazole rings is 6. The first-order valence-electron chi connectivity index (χ1n) is 25.8. The molecule has 6 aromatic heterocycles. The molecule has 9 heterocycles. The van der Waals surface area contributed by atoms with Crippen LogP contribution in [-0.4, -0.2) is 125 Å². The summed E-state index contributed by atoms with van der Waals surface area (Å²) in [7, 11) is -7.76. The van der Waals surface area contributed by atoms with Crippen LogP contribution in [0.2, 0.25) is 15.1 Å². The third-order valence-electron chi connectivity index (χ3n) is 13.7. The lowest BCUT2D eigenvalue weighted by Gasteiger charge is -2.35. The minimum absolute atomic E-state index is 0.143. The van der Waals surface area contributed by atoms with Crippen molar-refractivity contribution in [1.29, 1.82) is 0 Å². The van der Waals surface area contributed by atoms with Crippen LogP contribution in [0.1, 0.15) is 52.4 Å². The highest BCUT2D eigenvalue weighted by Gasteiger charge is 2.44. The summed E-state index contributed by atoms with van der Waals surface area (Å²) in [4.78, 5) is 69.0. The first-order chi connectivity index (χ1) is 42.7. The van der Waals surface area contributed by atoms with Gasteiger partial charge in [0.2, 0.25) is 17.7 Å². The fraction of sp³-hybridized carbons (Fsp3) is 0.235. The molecule has 9 aromatic rings. The lowest BCUT2D eigenvalue weighted by atomic mass is 10.1. The van der Waals surface area contributed by atoms with Gasteiger partial charge in [-0.05, 0) is 73.9 Å². The van der Waals surface area contributed by atoms with Gasteiger partial charge in [-0.3, -0.25) is 29.3 Å². The van der Waals surface area contributed by atoms with Crippen molar-refractivity contribution in [2.24, 2.45) is 0 Å². The van der Waals surface area contributed by atoms with E-state index in [2.05, 4.69) is 60.0 Å². The quantitative estimate of drug-likeness (QED) is 0.0663. The smallest absolute Gasteiger partial charge is 0.280 e. The van der Waals surface area contributed by atoms with Crippen LogP contribution >= 0.6 is 103 Å². The Labute approximate surface area is 551 Å². The molecule has 3 aliphatic rings. The second kappa shape index (κ2) is 28.1. The van der Waals surface area contributed by atoms with Crippen molar-refractivity contribution in [3.63, 3.8) is 0 Å². The SMILES string of the molecule is CN1C(C(=O)Nc2ccc(F)c(Cl)c2)CC(c2ncc(-c3cncs3)s2)NS1(=O)=O.CN1[C@@H](C(=O)Nc2ccc(F)c(Cl)c2)C[C@@H](c2ncc(-c3cncs3)s2)NS1(=O)=O.CN1[C@H](C(=O)Nc2ccc(F)c(Cl)c2)C[C@H](c2ncc(-c3cncs3)s2)NS1(=O)=O. The predicted molar refractivity (Wildman–Crippen MR) is 343 cm³/mol. The maximum atomic E-state index is 13.3. The first kappa shape index (κ1) is 67.0. The summed E-state index contributed by atoms with van der Waals surface area (Å²) in [5, 5.41) is 9.03. The number of halogens is 6. The number of likely N-dealkylation sites (N-methyl/N-ethyl adjacent to an activating group) is 3. The van der Waals surface area contributed by atoms with Crippen molar-refractivity contribution >= 4 is 168 Å². The second-order valence-corrected chi connectivity index (χ2v) is 31.8. The molecule has 0 saturated carbocycles. The molecule has 6 atom stereocenters. The zero-order valence-electron chi connectivity index (χ0n) is 46.1. The summed E-state index contributed by atoms with van der Waals surface area (Å²) in [5.41, 5.74) is 5.93. The van der Waals surface area contributed by atoms with Crippen molar-refractivity contribution in [3.05, 3.63) is 156 Å². The van der Waals surface area contributed by atoms with Crippen LogP contribution in [0.5, 0.6) is 0 Å². The average molecular weight is 1460 g/mol. The molecular formula is C51H45Cl3F3N15O9S9. The summed E-state index contributed by atoms with van der Waals surface area (Å²) in [6.45, 7) is 0. The Hall–Kier alpha value is -5.88. The number of aromatic nitrogens is 6. The second-order valence-electron chi connectivity index (χ2n) is 19.5. The van der Waals surface area contributed by atoms with E-state index in [1.165, 1.54) is 126 Å². The van der Waals surface area contributed by atoms with Gasteiger partial charge in [0.25, 0.3) is 30.6 Å². The molecule has 3 aromatic carbocycles. The maximum Gasteiger partial charge on any atom is 0.280 e. The van der Waals surface area contributed by atoms with Gasteiger partial charge < -0.3 is 16.0 Å². The zero-order valence-corrected chi connectivity index (χ0v) is 55.7. The van der Waals surface area contributed by atoms with Crippen LogP contribution in [0.25, 0.3) is 29.3 Å². The molecule has 0 bridgehead atoms. The van der Waals surface area contributed by atoms with Crippen molar-refractivity contribution in [3.8, 4) is 29.3 Å². The molecule has 3 saturated heterocycles. The number of benzene rings is 3. The first-order valence-corrected chi connectivity index (χ1v) is 36.3. The Morgan fingerprint density at radius 2 is 0.722 bits per heavy atom. The molecule has 0 radical (unpaired) electrons. The third-order valence-corrected chi connectivity index (χ3v) is 25.6. The van der Waals surface area contributed by atoms with E-state index in [1.807, 2.05) is 0 Å². The van der Waals surface area contributed by atoms with Gasteiger partial charge in [0.15, 0.2) is 0 Å². The summed E-state index contributed by atoms with van der Waals surface area (Å²) >= 11 is 25.7. The Morgan fingerprint density at radius 1 is 0.456 bits per heavy atom. The molecule has 0 spiro atoms. The molecular weight excluding hydrogens is 1420 g/mol. The molecule has 474 valence electrons. The summed E-state index contributed by atoms with van der Waals surface area (Å²) in [6, 6.07) is 6.30. The van der Waals surface area contributed by atoms with E-state index in [-0.39, 0.29) is 51.4 Å². The Balaban J connectivity index is 0.000000148. The van der Waals surface area contributed by atoms with Gasteiger partial charge in [-0.1, -0.05) is 34.8 Å². The maximum absolute atomic E-state index is 13.3. The summed E-state index contributed by atoms with van der Waals surface area (Å²) in [6.07, 6.45) is 10.6. The number of nitrogens with zero attached hydrogens (tertiary/aromatic N) is 9. The van der Waals surface area contributed by atoms with E-state index in [0.29, 0.717) is 15.0 Å². The van der Waals surface area contributed by atoms with Crippen LogP contribution < -0.4 is 30.1 Å². The van der Waals surface area contributed by atoms with E-state index in [1.54, 1.807) is 53.7 Å². The Bertz CT molecular complexity index is 4000. The summed E-state index contributed by atoms with van der Waals surface area (Å²) in [5.74, 6) is -3.48. The van der Waals surface area contributed by atoms with Crippen LogP contribution in [0.15, 0.2) is 108 Å². The van der Waals surface area contributed by atoms with Gasteiger partial charge in [-0.15, -0.1) is 68.0 Å². The van der Waals surface area contributed by atoms with Crippen molar-refractivity contribution in [2.75, 3.05) is 37.1 Å². The van der Waals surface area contributed by atoms with Gasteiger partial charge in [0.05, 0.1) is 79.0 Å². The standard InChI is InChI=1S/3C17H15ClFN5O3S3/c3*1-24-13(16(25)22-9-2-3-11(19)10(18)4-9)5-12(23-30(24,26)27)17-21-7-15(29-17)14-6-20-8-28-14/h3*2-4,6-8,12-13,23H,5H2,1H3,(H,22,25)/t2*12-,13+;/m10./s1. The highest BCUT2D eigenvalue weighted by Crippen LogP contribution is 2.39.